The molecule has 118 valence electrons. The van der Waals surface area contributed by atoms with E-state index in [1.165, 1.54) is 12.8 Å². The highest BCUT2D eigenvalue weighted by atomic mass is 16.4. The van der Waals surface area contributed by atoms with Crippen molar-refractivity contribution < 1.29 is 9.21 Å². The molecule has 22 heavy (non-hydrogen) atoms. The first-order valence-electron chi connectivity index (χ1n) is 7.89. The van der Waals surface area contributed by atoms with Crippen molar-refractivity contribution in [3.63, 3.8) is 0 Å². The highest BCUT2D eigenvalue weighted by Crippen LogP contribution is 2.33. The Morgan fingerprint density at radius 2 is 2.14 bits per heavy atom. The van der Waals surface area contributed by atoms with Gasteiger partial charge in [0.15, 0.2) is 0 Å². The molecular formula is C17H23N3O2. The third-order valence-corrected chi connectivity index (χ3v) is 3.79. The summed E-state index contributed by atoms with van der Waals surface area (Å²) in [5.41, 5.74) is 6.67. The number of carbonyl (C=O) groups excluding carboxylic acids is 1. The van der Waals surface area contributed by atoms with Gasteiger partial charge in [-0.1, -0.05) is 39.2 Å². The zero-order chi connectivity index (χ0) is 15.9. The van der Waals surface area contributed by atoms with Crippen LogP contribution in [0.1, 0.15) is 68.3 Å². The van der Waals surface area contributed by atoms with Gasteiger partial charge >= 0.3 is 5.91 Å². The van der Waals surface area contributed by atoms with E-state index in [4.69, 9.17) is 10.2 Å². The molecule has 0 radical (unpaired) electrons. The van der Waals surface area contributed by atoms with Gasteiger partial charge < -0.3 is 10.2 Å². The first-order chi connectivity index (χ1) is 10.7. The van der Waals surface area contributed by atoms with Crippen molar-refractivity contribution >= 4 is 5.91 Å². The molecule has 0 aliphatic rings. The van der Waals surface area contributed by atoms with E-state index < -0.39 is 5.91 Å². The Bertz CT molecular complexity index is 608. The van der Waals surface area contributed by atoms with E-state index in [-0.39, 0.29) is 11.8 Å². The van der Waals surface area contributed by atoms with Gasteiger partial charge in [-0.3, -0.25) is 9.78 Å². The van der Waals surface area contributed by atoms with Crippen LogP contribution in [0.25, 0.3) is 11.4 Å². The smallest absolute Gasteiger partial charge is 0.304 e. The highest BCUT2D eigenvalue weighted by Gasteiger charge is 2.24. The van der Waals surface area contributed by atoms with Gasteiger partial charge in [0.2, 0.25) is 0 Å². The Hall–Kier alpha value is -2.17. The minimum Gasteiger partial charge on any atom is -0.436 e. The first-order valence-corrected chi connectivity index (χ1v) is 7.89. The Morgan fingerprint density at radius 1 is 1.32 bits per heavy atom. The summed E-state index contributed by atoms with van der Waals surface area (Å²) in [6.07, 6.45) is 7.13. The quantitative estimate of drug-likeness (QED) is 0.749. The molecule has 0 saturated heterocycles. The van der Waals surface area contributed by atoms with Gasteiger partial charge in [0.25, 0.3) is 5.89 Å². The fraction of sp³-hybridized carbons (Fsp3) is 0.471. The maximum atomic E-state index is 11.4. The minimum absolute atomic E-state index is 0.0374. The number of oxazole rings is 1. The molecule has 0 bridgehead atoms. The van der Waals surface area contributed by atoms with Crippen LogP contribution in [0.2, 0.25) is 0 Å². The van der Waals surface area contributed by atoms with Crippen LogP contribution in [0.3, 0.4) is 0 Å². The van der Waals surface area contributed by atoms with Crippen LogP contribution in [0.15, 0.2) is 28.8 Å². The van der Waals surface area contributed by atoms with Crippen molar-refractivity contribution in [3.05, 3.63) is 36.0 Å². The maximum Gasteiger partial charge on any atom is 0.304 e. The number of primary amides is 1. The molecule has 0 saturated carbocycles. The van der Waals surface area contributed by atoms with E-state index in [1.54, 1.807) is 6.20 Å². The fourth-order valence-electron chi connectivity index (χ4n) is 2.56. The average molecular weight is 301 g/mol. The summed E-state index contributed by atoms with van der Waals surface area (Å²) in [6, 6.07) is 5.60. The van der Waals surface area contributed by atoms with E-state index in [1.807, 2.05) is 18.2 Å². The molecule has 5 nitrogen and oxygen atoms in total. The largest absolute Gasteiger partial charge is 0.436 e. The van der Waals surface area contributed by atoms with Crippen molar-refractivity contribution in [2.75, 3.05) is 0 Å². The van der Waals surface area contributed by atoms with Gasteiger partial charge in [-0.2, -0.15) is 0 Å². The van der Waals surface area contributed by atoms with Crippen molar-refractivity contribution in [3.8, 4) is 11.4 Å². The Balaban J connectivity index is 2.37. The molecule has 0 aliphatic carbocycles. The highest BCUT2D eigenvalue weighted by molar-refractivity contribution is 5.88. The lowest BCUT2D eigenvalue weighted by Crippen LogP contribution is -2.11. The minimum atomic E-state index is -0.646. The van der Waals surface area contributed by atoms with Crippen LogP contribution < -0.4 is 5.73 Å². The first kappa shape index (κ1) is 16.2. The monoisotopic (exact) mass is 301 g/mol. The number of hydrogen-bond acceptors (Lipinski definition) is 4. The summed E-state index contributed by atoms with van der Waals surface area (Å²) >= 11 is 0. The van der Waals surface area contributed by atoms with Crippen LogP contribution >= 0.6 is 0 Å². The second kappa shape index (κ2) is 7.73. The molecule has 1 amide bonds. The summed E-state index contributed by atoms with van der Waals surface area (Å²) < 4.78 is 5.69. The third kappa shape index (κ3) is 3.72. The normalized spacial score (nSPS) is 12.3. The summed E-state index contributed by atoms with van der Waals surface area (Å²) in [4.78, 5) is 20.0. The molecule has 0 fully saturated rings. The van der Waals surface area contributed by atoms with Gasteiger partial charge in [-0.25, -0.2) is 4.98 Å². The molecule has 2 N–H and O–H groups in total. The summed E-state index contributed by atoms with van der Waals surface area (Å²) in [6.45, 7) is 4.30. The average Bonchev–Trinajstić information content (AvgIpc) is 2.98. The number of carbonyl (C=O) groups is 1. The molecule has 2 aromatic heterocycles. The SMILES string of the molecule is CCCCCC(CC)c1oc(C(N)=O)nc1-c1ccccn1. The molecular weight excluding hydrogens is 278 g/mol. The van der Waals surface area contributed by atoms with Crippen LogP contribution in [0, 0.1) is 0 Å². The molecule has 0 aromatic carbocycles. The van der Waals surface area contributed by atoms with Crippen molar-refractivity contribution in [1.29, 1.82) is 0 Å². The van der Waals surface area contributed by atoms with E-state index in [0.717, 1.165) is 25.0 Å². The number of rotatable bonds is 8. The van der Waals surface area contributed by atoms with Crippen LogP contribution in [-0.4, -0.2) is 15.9 Å². The predicted octanol–water partition coefficient (Wildman–Crippen LogP) is 3.91. The number of unbranched alkanes of at least 4 members (excludes halogenated alkanes) is 2. The molecule has 5 heteroatoms. The van der Waals surface area contributed by atoms with Gasteiger partial charge in [-0.05, 0) is 25.0 Å². The molecule has 1 atom stereocenters. The molecule has 2 aromatic rings. The molecule has 2 rings (SSSR count). The van der Waals surface area contributed by atoms with Crippen molar-refractivity contribution in [1.82, 2.24) is 9.97 Å². The van der Waals surface area contributed by atoms with E-state index in [9.17, 15) is 4.79 Å². The lowest BCUT2D eigenvalue weighted by molar-refractivity contribution is 0.0964. The third-order valence-electron chi connectivity index (χ3n) is 3.79. The Kier molecular flexibility index (Phi) is 5.69. The second-order valence-corrected chi connectivity index (χ2v) is 5.41. The lowest BCUT2D eigenvalue weighted by atomic mass is 9.94. The van der Waals surface area contributed by atoms with E-state index in [0.29, 0.717) is 11.4 Å². The van der Waals surface area contributed by atoms with Crippen LogP contribution in [-0.2, 0) is 0 Å². The summed E-state index contributed by atoms with van der Waals surface area (Å²) in [5, 5.41) is 0. The standard InChI is InChI=1S/C17H23N3O2/c1-3-5-6-9-12(4-2)15-14(13-10-7-8-11-19-13)20-17(22-15)16(18)21/h7-8,10-12H,3-6,9H2,1-2H3,(H2,18,21). The van der Waals surface area contributed by atoms with Gasteiger partial charge in [-0.15, -0.1) is 0 Å². The Labute approximate surface area is 131 Å². The molecule has 0 spiro atoms. The Morgan fingerprint density at radius 3 is 2.73 bits per heavy atom. The predicted molar refractivity (Wildman–Crippen MR) is 85.4 cm³/mol. The van der Waals surface area contributed by atoms with E-state index in [2.05, 4.69) is 23.8 Å². The van der Waals surface area contributed by atoms with E-state index >= 15 is 0 Å². The molecule has 2 heterocycles. The lowest BCUT2D eigenvalue weighted by Gasteiger charge is -2.13. The number of aromatic nitrogens is 2. The zero-order valence-corrected chi connectivity index (χ0v) is 13.2. The number of pyridine rings is 1. The van der Waals surface area contributed by atoms with Crippen LogP contribution in [0.4, 0.5) is 0 Å². The summed E-state index contributed by atoms with van der Waals surface area (Å²) in [7, 11) is 0. The number of nitrogens with two attached hydrogens (primary N) is 1. The summed E-state index contributed by atoms with van der Waals surface area (Å²) in [5.74, 6) is 0.270. The van der Waals surface area contributed by atoms with Gasteiger partial charge in [0, 0.05) is 12.1 Å². The molecule has 1 unspecified atom stereocenters. The van der Waals surface area contributed by atoms with Crippen molar-refractivity contribution in [2.45, 2.75) is 51.9 Å². The van der Waals surface area contributed by atoms with Gasteiger partial charge in [0.1, 0.15) is 11.5 Å². The number of hydrogen-bond donors (Lipinski definition) is 1. The second-order valence-electron chi connectivity index (χ2n) is 5.41. The fourth-order valence-corrected chi connectivity index (χ4v) is 2.56. The molecule has 0 aliphatic heterocycles. The van der Waals surface area contributed by atoms with Crippen LogP contribution in [0.5, 0.6) is 0 Å². The topological polar surface area (TPSA) is 82.0 Å². The van der Waals surface area contributed by atoms with Crippen molar-refractivity contribution in [2.24, 2.45) is 5.73 Å². The maximum absolute atomic E-state index is 11.4. The number of amides is 1. The number of nitrogens with zero attached hydrogens (tertiary/aromatic N) is 2. The van der Waals surface area contributed by atoms with Gasteiger partial charge in [0.05, 0.1) is 5.69 Å². The zero-order valence-electron chi connectivity index (χ0n) is 13.2.